The summed E-state index contributed by atoms with van der Waals surface area (Å²) in [5.41, 5.74) is 6.17. The maximum absolute atomic E-state index is 12.5. The van der Waals surface area contributed by atoms with Gasteiger partial charge < -0.3 is 10.6 Å². The lowest BCUT2D eigenvalue weighted by Crippen LogP contribution is -2.45. The Bertz CT molecular complexity index is 660. The highest BCUT2D eigenvalue weighted by Crippen LogP contribution is 2.22. The van der Waals surface area contributed by atoms with E-state index in [9.17, 15) is 22.0 Å². The first-order valence-corrected chi connectivity index (χ1v) is 8.95. The summed E-state index contributed by atoms with van der Waals surface area (Å²) < 4.78 is 47.7. The Labute approximate surface area is 134 Å². The molecular weight excluding hydrogens is 326 g/mol. The third-order valence-electron chi connectivity index (χ3n) is 4.15. The molecule has 0 aromatic heterocycles. The molecule has 1 fully saturated rings. The summed E-state index contributed by atoms with van der Waals surface area (Å²) in [7, 11) is -4.64. The van der Waals surface area contributed by atoms with Crippen LogP contribution in [0.5, 0.6) is 0 Å². The molecule has 1 amide bonds. The minimum Gasteiger partial charge on any atom is -0.338 e. The molecule has 0 radical (unpaired) electrons. The summed E-state index contributed by atoms with van der Waals surface area (Å²) in [4.78, 5) is 13.6. The monoisotopic (exact) mass is 346 g/mol. The number of sulfone groups is 1. The molecule has 5 nitrogen and oxygen atoms in total. The van der Waals surface area contributed by atoms with E-state index in [1.807, 2.05) is 6.92 Å². The molecule has 1 heterocycles. The minimum absolute atomic E-state index is 0.0100. The normalized spacial score (nSPS) is 20.6. The number of nitrogens with two attached hydrogens (primary N) is 1. The van der Waals surface area contributed by atoms with Crippen LogP contribution < -0.4 is 5.73 Å². The van der Waals surface area contributed by atoms with Gasteiger partial charge in [0.05, 0.1) is 4.90 Å². The molecular formula is C15H20F2N2O3S. The Morgan fingerprint density at radius 3 is 2.43 bits per heavy atom. The fraction of sp³-hybridized carbons (Fsp3) is 0.533. The first kappa shape index (κ1) is 17.8. The van der Waals surface area contributed by atoms with Gasteiger partial charge in [-0.1, -0.05) is 0 Å². The molecule has 0 saturated carbocycles. The number of carbonyl (C=O) groups is 1. The molecule has 2 unspecified atom stereocenters. The van der Waals surface area contributed by atoms with E-state index < -0.39 is 20.5 Å². The number of rotatable bonds is 4. The van der Waals surface area contributed by atoms with Crippen LogP contribution in [0.4, 0.5) is 8.78 Å². The van der Waals surface area contributed by atoms with E-state index in [1.165, 1.54) is 12.1 Å². The van der Waals surface area contributed by atoms with Gasteiger partial charge in [0.2, 0.25) is 9.84 Å². The van der Waals surface area contributed by atoms with Crippen LogP contribution in [-0.4, -0.2) is 44.1 Å². The third kappa shape index (κ3) is 3.87. The predicted octanol–water partition coefficient (Wildman–Crippen LogP) is 1.88. The van der Waals surface area contributed by atoms with Gasteiger partial charge >= 0.3 is 5.76 Å². The summed E-state index contributed by atoms with van der Waals surface area (Å²) in [5.74, 6) is -3.49. The topological polar surface area (TPSA) is 80.5 Å². The number of nitrogens with zero attached hydrogens (tertiary/aromatic N) is 1. The number of alkyl halides is 2. The SMILES string of the molecule is CC(N)C1CCCN(C(=O)c2ccc(S(=O)(=O)C(F)F)cc2)C1. The molecule has 2 atom stereocenters. The third-order valence-corrected chi connectivity index (χ3v) is 5.55. The van der Waals surface area contributed by atoms with E-state index in [0.717, 1.165) is 25.0 Å². The summed E-state index contributed by atoms with van der Waals surface area (Å²) in [6.45, 7) is 3.06. The van der Waals surface area contributed by atoms with Crippen molar-refractivity contribution < 1.29 is 22.0 Å². The number of hydrogen-bond acceptors (Lipinski definition) is 4. The molecule has 23 heavy (non-hydrogen) atoms. The lowest BCUT2D eigenvalue weighted by atomic mass is 9.92. The lowest BCUT2D eigenvalue weighted by molar-refractivity contribution is 0.0661. The Balaban J connectivity index is 2.15. The highest BCUT2D eigenvalue weighted by Gasteiger charge is 2.28. The largest absolute Gasteiger partial charge is 0.341 e. The molecule has 2 rings (SSSR count). The number of likely N-dealkylation sites (tertiary alicyclic amines) is 1. The van der Waals surface area contributed by atoms with Gasteiger partial charge in [-0.15, -0.1) is 0 Å². The van der Waals surface area contributed by atoms with Crippen molar-refractivity contribution in [2.75, 3.05) is 13.1 Å². The molecule has 128 valence electrons. The zero-order valence-electron chi connectivity index (χ0n) is 12.8. The Morgan fingerprint density at radius 1 is 1.30 bits per heavy atom. The van der Waals surface area contributed by atoms with E-state index in [1.54, 1.807) is 4.90 Å². The maximum atomic E-state index is 12.5. The van der Waals surface area contributed by atoms with Crippen molar-refractivity contribution >= 4 is 15.7 Å². The van der Waals surface area contributed by atoms with Gasteiger partial charge in [-0.2, -0.15) is 8.78 Å². The van der Waals surface area contributed by atoms with Crippen LogP contribution in [-0.2, 0) is 9.84 Å². The lowest BCUT2D eigenvalue weighted by Gasteiger charge is -2.34. The van der Waals surface area contributed by atoms with Gasteiger partial charge in [0.25, 0.3) is 5.91 Å². The molecule has 0 aliphatic carbocycles. The van der Waals surface area contributed by atoms with Gasteiger partial charge in [-0.25, -0.2) is 8.42 Å². The van der Waals surface area contributed by atoms with E-state index in [-0.39, 0.29) is 23.4 Å². The smallest absolute Gasteiger partial charge is 0.338 e. The van der Waals surface area contributed by atoms with Crippen molar-refractivity contribution in [2.45, 2.75) is 36.5 Å². The average Bonchev–Trinajstić information content (AvgIpc) is 2.54. The molecule has 1 aromatic carbocycles. The Hall–Kier alpha value is -1.54. The van der Waals surface area contributed by atoms with E-state index in [2.05, 4.69) is 0 Å². The van der Waals surface area contributed by atoms with Gasteiger partial charge in [-0.3, -0.25) is 4.79 Å². The van der Waals surface area contributed by atoms with Crippen molar-refractivity contribution in [1.29, 1.82) is 0 Å². The highest BCUT2D eigenvalue weighted by molar-refractivity contribution is 7.91. The van der Waals surface area contributed by atoms with Crippen molar-refractivity contribution in [3.05, 3.63) is 29.8 Å². The summed E-state index contributed by atoms with van der Waals surface area (Å²) in [6, 6.07) is 4.62. The molecule has 1 saturated heterocycles. The average molecular weight is 346 g/mol. The number of carbonyl (C=O) groups excluding carboxylic acids is 1. The quantitative estimate of drug-likeness (QED) is 0.903. The van der Waals surface area contributed by atoms with Gasteiger partial charge in [0.15, 0.2) is 0 Å². The second-order valence-electron chi connectivity index (χ2n) is 5.84. The van der Waals surface area contributed by atoms with Crippen LogP contribution in [0.15, 0.2) is 29.2 Å². The number of benzene rings is 1. The molecule has 0 bridgehead atoms. The zero-order chi connectivity index (χ0) is 17.2. The molecule has 1 aliphatic rings. The fourth-order valence-electron chi connectivity index (χ4n) is 2.70. The second-order valence-corrected chi connectivity index (χ2v) is 7.76. The summed E-state index contributed by atoms with van der Waals surface area (Å²) >= 11 is 0. The van der Waals surface area contributed by atoms with Crippen molar-refractivity contribution in [3.8, 4) is 0 Å². The highest BCUT2D eigenvalue weighted by atomic mass is 32.2. The fourth-order valence-corrected chi connectivity index (χ4v) is 3.42. The predicted molar refractivity (Wildman–Crippen MR) is 81.9 cm³/mol. The summed E-state index contributed by atoms with van der Waals surface area (Å²) in [5, 5.41) is 0. The van der Waals surface area contributed by atoms with Gasteiger partial charge in [-0.05, 0) is 49.9 Å². The first-order valence-electron chi connectivity index (χ1n) is 7.40. The molecule has 1 aromatic rings. The number of hydrogen-bond donors (Lipinski definition) is 1. The Kier molecular flexibility index (Phi) is 5.36. The van der Waals surface area contributed by atoms with Crippen molar-refractivity contribution in [1.82, 2.24) is 4.90 Å². The van der Waals surface area contributed by atoms with Gasteiger partial charge in [0.1, 0.15) is 0 Å². The minimum atomic E-state index is -4.64. The Morgan fingerprint density at radius 2 is 1.91 bits per heavy atom. The second kappa shape index (κ2) is 6.92. The van der Waals surface area contributed by atoms with Crippen LogP contribution in [0, 0.1) is 5.92 Å². The van der Waals surface area contributed by atoms with Crippen LogP contribution in [0.3, 0.4) is 0 Å². The zero-order valence-corrected chi connectivity index (χ0v) is 13.6. The number of amides is 1. The molecule has 1 aliphatic heterocycles. The molecule has 0 spiro atoms. The standard InChI is InChI=1S/C15H20F2N2O3S/c1-10(18)12-3-2-8-19(9-12)14(20)11-4-6-13(7-5-11)23(21,22)15(16)17/h4-7,10,12,15H,2-3,8-9,18H2,1H3. The number of halogens is 2. The van der Waals surface area contributed by atoms with Crippen LogP contribution in [0.1, 0.15) is 30.1 Å². The van der Waals surface area contributed by atoms with Crippen LogP contribution in [0.2, 0.25) is 0 Å². The van der Waals surface area contributed by atoms with Crippen LogP contribution >= 0.6 is 0 Å². The number of piperidine rings is 1. The van der Waals surface area contributed by atoms with E-state index in [4.69, 9.17) is 5.73 Å². The van der Waals surface area contributed by atoms with Crippen LogP contribution in [0.25, 0.3) is 0 Å². The van der Waals surface area contributed by atoms with Gasteiger partial charge in [0, 0.05) is 24.7 Å². The first-order chi connectivity index (χ1) is 10.7. The molecule has 2 N–H and O–H groups in total. The molecule has 8 heteroatoms. The van der Waals surface area contributed by atoms with E-state index >= 15 is 0 Å². The maximum Gasteiger partial charge on any atom is 0.341 e. The van der Waals surface area contributed by atoms with E-state index in [0.29, 0.717) is 13.1 Å². The van der Waals surface area contributed by atoms with Crippen molar-refractivity contribution in [2.24, 2.45) is 11.7 Å². The van der Waals surface area contributed by atoms with Crippen molar-refractivity contribution in [3.63, 3.8) is 0 Å². The summed E-state index contributed by atoms with van der Waals surface area (Å²) in [6.07, 6.45) is 1.82.